The van der Waals surface area contributed by atoms with E-state index in [1.807, 2.05) is 43.3 Å². The molecule has 2 atom stereocenters. The average molecular weight is 295 g/mol. The van der Waals surface area contributed by atoms with Gasteiger partial charge in [0, 0.05) is 6.54 Å². The molecule has 22 heavy (non-hydrogen) atoms. The molecule has 1 aliphatic heterocycles. The van der Waals surface area contributed by atoms with Crippen LogP contribution in [-0.2, 0) is 0 Å². The van der Waals surface area contributed by atoms with Crippen LogP contribution in [-0.4, -0.2) is 31.3 Å². The van der Waals surface area contributed by atoms with Crippen LogP contribution in [0.25, 0.3) is 0 Å². The Balaban J connectivity index is 2.02. The van der Waals surface area contributed by atoms with E-state index in [1.54, 1.807) is 0 Å². The summed E-state index contributed by atoms with van der Waals surface area (Å²) in [5.41, 5.74) is 2.95. The normalized spacial score (nSPS) is 20.6. The first-order valence-electron chi connectivity index (χ1n) is 7.57. The van der Waals surface area contributed by atoms with Gasteiger partial charge in [-0.15, -0.1) is 0 Å². The number of ether oxygens (including phenoxy) is 1. The minimum Gasteiger partial charge on any atom is -0.484 e. The number of nitrogens with zero attached hydrogens (tertiary/aromatic N) is 1. The lowest BCUT2D eigenvalue weighted by atomic mass is 9.85. The lowest BCUT2D eigenvalue weighted by Crippen LogP contribution is -2.38. The number of carbonyl (C=O) groups is 1. The molecule has 1 heterocycles. The zero-order chi connectivity index (χ0) is 15.7. The molecule has 3 nitrogen and oxygen atoms in total. The number of para-hydroxylation sites is 1. The van der Waals surface area contributed by atoms with Crippen molar-refractivity contribution in [1.29, 1.82) is 0 Å². The first kappa shape index (κ1) is 14.8. The van der Waals surface area contributed by atoms with Crippen molar-refractivity contribution in [2.45, 2.75) is 13.0 Å². The third-order valence-electron chi connectivity index (χ3n) is 4.08. The second-order valence-electron chi connectivity index (χ2n) is 6.18. The summed E-state index contributed by atoms with van der Waals surface area (Å²) in [6, 6.07) is 15.8. The van der Waals surface area contributed by atoms with E-state index in [9.17, 15) is 4.79 Å². The van der Waals surface area contributed by atoms with Gasteiger partial charge >= 0.3 is 0 Å². The van der Waals surface area contributed by atoms with Crippen LogP contribution in [0, 0.1) is 12.8 Å². The van der Waals surface area contributed by atoms with Gasteiger partial charge in [0.1, 0.15) is 11.9 Å². The van der Waals surface area contributed by atoms with Crippen LogP contribution in [0.3, 0.4) is 0 Å². The fourth-order valence-corrected chi connectivity index (χ4v) is 2.96. The van der Waals surface area contributed by atoms with Gasteiger partial charge in [0.15, 0.2) is 5.78 Å². The van der Waals surface area contributed by atoms with E-state index in [4.69, 9.17) is 4.74 Å². The second kappa shape index (κ2) is 5.93. The number of ketones is 1. The van der Waals surface area contributed by atoms with Crippen molar-refractivity contribution in [3.05, 3.63) is 65.2 Å². The molecule has 2 unspecified atom stereocenters. The molecular weight excluding hydrogens is 274 g/mol. The molecule has 2 aromatic rings. The molecule has 0 N–H and O–H groups in total. The molecule has 0 saturated heterocycles. The van der Waals surface area contributed by atoms with E-state index in [-0.39, 0.29) is 17.8 Å². The lowest BCUT2D eigenvalue weighted by molar-refractivity contribution is 0.0594. The van der Waals surface area contributed by atoms with Crippen LogP contribution in [0.1, 0.15) is 27.6 Å². The third kappa shape index (κ3) is 2.77. The monoisotopic (exact) mass is 295 g/mol. The molecule has 0 amide bonds. The number of fused-ring (bicyclic) bond motifs is 1. The number of rotatable bonds is 3. The van der Waals surface area contributed by atoms with Crippen LogP contribution < -0.4 is 4.74 Å². The highest BCUT2D eigenvalue weighted by Gasteiger charge is 2.38. The van der Waals surface area contributed by atoms with E-state index in [0.717, 1.165) is 5.56 Å². The lowest BCUT2D eigenvalue weighted by Gasteiger charge is -2.34. The highest BCUT2D eigenvalue weighted by Crippen LogP contribution is 2.38. The molecule has 0 aliphatic carbocycles. The number of benzene rings is 2. The average Bonchev–Trinajstić information content (AvgIpc) is 2.50. The molecule has 3 heteroatoms. The maximum Gasteiger partial charge on any atom is 0.175 e. The minimum absolute atomic E-state index is 0.168. The zero-order valence-electron chi connectivity index (χ0n) is 13.2. The van der Waals surface area contributed by atoms with Crippen molar-refractivity contribution in [1.82, 2.24) is 4.90 Å². The first-order chi connectivity index (χ1) is 10.6. The molecule has 0 spiro atoms. The maximum atomic E-state index is 12.9. The van der Waals surface area contributed by atoms with E-state index in [0.29, 0.717) is 17.9 Å². The molecule has 0 bridgehead atoms. The highest BCUT2D eigenvalue weighted by molar-refractivity contribution is 6.01. The molecule has 2 aromatic carbocycles. The number of aryl methyl sites for hydroxylation is 1. The predicted molar refractivity (Wildman–Crippen MR) is 87.4 cm³/mol. The molecule has 114 valence electrons. The van der Waals surface area contributed by atoms with Gasteiger partial charge in [-0.05, 0) is 38.7 Å². The van der Waals surface area contributed by atoms with Crippen LogP contribution in [0.2, 0.25) is 0 Å². The molecule has 0 saturated carbocycles. The molecule has 0 aromatic heterocycles. The molecular formula is C19H21NO2. The van der Waals surface area contributed by atoms with E-state index < -0.39 is 0 Å². The Morgan fingerprint density at radius 3 is 2.41 bits per heavy atom. The van der Waals surface area contributed by atoms with Crippen LogP contribution in [0.4, 0.5) is 0 Å². The van der Waals surface area contributed by atoms with Gasteiger partial charge in [-0.1, -0.05) is 42.0 Å². The summed E-state index contributed by atoms with van der Waals surface area (Å²) in [5.74, 6) is 0.668. The minimum atomic E-state index is -0.231. The summed E-state index contributed by atoms with van der Waals surface area (Å²) in [6.45, 7) is 2.73. The Kier molecular flexibility index (Phi) is 3.99. The standard InChI is InChI=1S/C19H21NO2/c1-13-8-10-14(11-9-13)19-16(12-20(2)3)18(21)15-6-4-5-7-17(15)22-19/h4-11,16,19H,12H2,1-3H3. The predicted octanol–water partition coefficient (Wildman–Crippen LogP) is 3.49. The smallest absolute Gasteiger partial charge is 0.175 e. The quantitative estimate of drug-likeness (QED) is 0.868. The van der Waals surface area contributed by atoms with Crippen molar-refractivity contribution in [2.24, 2.45) is 5.92 Å². The Bertz CT molecular complexity index is 676. The fraction of sp³-hybridized carbons (Fsp3) is 0.316. The fourth-order valence-electron chi connectivity index (χ4n) is 2.96. The molecule has 0 radical (unpaired) electrons. The van der Waals surface area contributed by atoms with E-state index >= 15 is 0 Å². The van der Waals surface area contributed by atoms with Crippen molar-refractivity contribution in [2.75, 3.05) is 20.6 Å². The third-order valence-corrected chi connectivity index (χ3v) is 4.08. The number of hydrogen-bond acceptors (Lipinski definition) is 3. The Morgan fingerprint density at radius 2 is 1.73 bits per heavy atom. The number of carbonyl (C=O) groups excluding carboxylic acids is 1. The summed E-state index contributed by atoms with van der Waals surface area (Å²) in [4.78, 5) is 14.9. The largest absolute Gasteiger partial charge is 0.484 e. The Labute approximate surface area is 131 Å². The van der Waals surface area contributed by atoms with Gasteiger partial charge < -0.3 is 9.64 Å². The molecule has 0 fully saturated rings. The second-order valence-corrected chi connectivity index (χ2v) is 6.18. The number of Topliss-reactive ketones (excluding diaryl/α,β-unsaturated/α-hetero) is 1. The summed E-state index contributed by atoms with van der Waals surface area (Å²) in [6.07, 6.45) is -0.231. The topological polar surface area (TPSA) is 29.5 Å². The maximum absolute atomic E-state index is 12.9. The van der Waals surface area contributed by atoms with Crippen molar-refractivity contribution in [3.8, 4) is 5.75 Å². The van der Waals surface area contributed by atoms with E-state index in [1.165, 1.54) is 5.56 Å². The summed E-state index contributed by atoms with van der Waals surface area (Å²) >= 11 is 0. The zero-order valence-corrected chi connectivity index (χ0v) is 13.2. The van der Waals surface area contributed by atoms with Gasteiger partial charge in [-0.25, -0.2) is 0 Å². The van der Waals surface area contributed by atoms with Crippen LogP contribution >= 0.6 is 0 Å². The summed E-state index contributed by atoms with van der Waals surface area (Å²) in [7, 11) is 3.97. The van der Waals surface area contributed by atoms with Crippen molar-refractivity contribution in [3.63, 3.8) is 0 Å². The van der Waals surface area contributed by atoms with Gasteiger partial charge in [-0.3, -0.25) is 4.79 Å². The van der Waals surface area contributed by atoms with E-state index in [2.05, 4.69) is 31.2 Å². The van der Waals surface area contributed by atoms with Gasteiger partial charge in [0.05, 0.1) is 11.5 Å². The van der Waals surface area contributed by atoms with Crippen LogP contribution in [0.5, 0.6) is 5.75 Å². The molecule has 3 rings (SSSR count). The SMILES string of the molecule is Cc1ccc(C2Oc3ccccc3C(=O)C2CN(C)C)cc1. The summed E-state index contributed by atoms with van der Waals surface area (Å²) in [5, 5.41) is 0. The Morgan fingerprint density at radius 1 is 1.05 bits per heavy atom. The summed E-state index contributed by atoms with van der Waals surface area (Å²) < 4.78 is 6.19. The Hall–Kier alpha value is -2.13. The van der Waals surface area contributed by atoms with Gasteiger partial charge in [0.25, 0.3) is 0 Å². The van der Waals surface area contributed by atoms with Crippen molar-refractivity contribution < 1.29 is 9.53 Å². The van der Waals surface area contributed by atoms with Gasteiger partial charge in [-0.2, -0.15) is 0 Å². The highest BCUT2D eigenvalue weighted by atomic mass is 16.5. The molecule has 1 aliphatic rings. The van der Waals surface area contributed by atoms with Crippen LogP contribution in [0.15, 0.2) is 48.5 Å². The van der Waals surface area contributed by atoms with Crippen molar-refractivity contribution >= 4 is 5.78 Å². The van der Waals surface area contributed by atoms with Gasteiger partial charge in [0.2, 0.25) is 0 Å². The number of hydrogen-bond donors (Lipinski definition) is 0. The first-order valence-corrected chi connectivity index (χ1v) is 7.57.